The summed E-state index contributed by atoms with van der Waals surface area (Å²) in [7, 11) is 0. The Balaban J connectivity index is 2.57. The maximum atomic E-state index is 13.1. The third-order valence-corrected chi connectivity index (χ3v) is 3.55. The molecule has 0 radical (unpaired) electrons. The van der Waals surface area contributed by atoms with Gasteiger partial charge in [-0.1, -0.05) is 12.1 Å². The summed E-state index contributed by atoms with van der Waals surface area (Å²) >= 11 is 1.51. The number of urea groups is 1. The standard InChI is InChI=1S/C14H19FN2O3S/c1-9(10-4-3-5-11(15)8-10)16-14(20)17-12(13(18)19)6-7-21-2/h3-5,8-9,12H,6-7H2,1-2H3,(H,18,19)(H2,16,17,20)/t9?,12-/m0/s1. The van der Waals surface area contributed by atoms with Crippen molar-refractivity contribution >= 4 is 23.8 Å². The molecule has 0 aromatic heterocycles. The SMILES string of the molecule is CSCC[C@H](NC(=O)NC(C)c1cccc(F)c1)C(=O)O. The zero-order valence-corrected chi connectivity index (χ0v) is 12.7. The molecule has 0 saturated carbocycles. The molecule has 0 heterocycles. The second-order valence-corrected chi connectivity index (χ2v) is 5.55. The molecule has 21 heavy (non-hydrogen) atoms. The zero-order valence-electron chi connectivity index (χ0n) is 11.9. The quantitative estimate of drug-likeness (QED) is 0.722. The molecular formula is C14H19FN2O3S. The molecule has 5 nitrogen and oxygen atoms in total. The number of thioether (sulfide) groups is 1. The van der Waals surface area contributed by atoms with Crippen molar-refractivity contribution in [3.05, 3.63) is 35.6 Å². The Labute approximate surface area is 127 Å². The number of carboxylic acid groups (broad SMARTS) is 1. The highest BCUT2D eigenvalue weighted by Gasteiger charge is 2.20. The first kappa shape index (κ1) is 17.3. The molecule has 7 heteroatoms. The molecule has 0 aliphatic rings. The molecule has 3 N–H and O–H groups in total. The Kier molecular flexibility index (Phi) is 7.01. The Morgan fingerprint density at radius 3 is 2.67 bits per heavy atom. The van der Waals surface area contributed by atoms with Gasteiger partial charge in [0.05, 0.1) is 6.04 Å². The van der Waals surface area contributed by atoms with Crippen molar-refractivity contribution in [1.82, 2.24) is 10.6 Å². The number of aliphatic carboxylic acids is 1. The van der Waals surface area contributed by atoms with Crippen LogP contribution >= 0.6 is 11.8 Å². The van der Waals surface area contributed by atoms with Gasteiger partial charge in [0.25, 0.3) is 0 Å². The highest BCUT2D eigenvalue weighted by molar-refractivity contribution is 7.98. The van der Waals surface area contributed by atoms with Crippen molar-refractivity contribution in [2.45, 2.75) is 25.4 Å². The van der Waals surface area contributed by atoms with Gasteiger partial charge >= 0.3 is 12.0 Å². The lowest BCUT2D eigenvalue weighted by Gasteiger charge is -2.18. The van der Waals surface area contributed by atoms with Gasteiger partial charge in [0, 0.05) is 0 Å². The van der Waals surface area contributed by atoms with Crippen molar-refractivity contribution in [3.8, 4) is 0 Å². The fourth-order valence-electron chi connectivity index (χ4n) is 1.75. The minimum Gasteiger partial charge on any atom is -0.480 e. The first-order chi connectivity index (χ1) is 9.93. The molecule has 1 aromatic carbocycles. The first-order valence-corrected chi connectivity index (χ1v) is 7.87. The number of carbonyl (C=O) groups excluding carboxylic acids is 1. The van der Waals surface area contributed by atoms with E-state index in [9.17, 15) is 14.0 Å². The van der Waals surface area contributed by atoms with Crippen LogP contribution < -0.4 is 10.6 Å². The number of nitrogens with one attached hydrogen (secondary N) is 2. The third kappa shape index (κ3) is 6.03. The van der Waals surface area contributed by atoms with E-state index < -0.39 is 24.1 Å². The lowest BCUT2D eigenvalue weighted by atomic mass is 10.1. The van der Waals surface area contributed by atoms with Crippen LogP contribution in [0, 0.1) is 5.82 Å². The average molecular weight is 314 g/mol. The topological polar surface area (TPSA) is 78.4 Å². The van der Waals surface area contributed by atoms with Crippen LogP contribution in [0.5, 0.6) is 0 Å². The van der Waals surface area contributed by atoms with E-state index in [0.29, 0.717) is 17.7 Å². The van der Waals surface area contributed by atoms with Gasteiger partial charge in [-0.05, 0) is 43.0 Å². The predicted molar refractivity (Wildman–Crippen MR) is 80.9 cm³/mol. The molecule has 0 aliphatic carbocycles. The van der Waals surface area contributed by atoms with Crippen LogP contribution in [-0.2, 0) is 4.79 Å². The summed E-state index contributed by atoms with van der Waals surface area (Å²) in [5.41, 5.74) is 0.612. The number of amides is 2. The van der Waals surface area contributed by atoms with Gasteiger partial charge in [0.15, 0.2) is 0 Å². The van der Waals surface area contributed by atoms with Crippen molar-refractivity contribution in [1.29, 1.82) is 0 Å². The van der Waals surface area contributed by atoms with Crippen LogP contribution in [0.4, 0.5) is 9.18 Å². The summed E-state index contributed by atoms with van der Waals surface area (Å²) < 4.78 is 13.1. The minimum atomic E-state index is -1.07. The van der Waals surface area contributed by atoms with E-state index in [0.717, 1.165) is 0 Å². The molecule has 0 spiro atoms. The molecule has 1 aromatic rings. The van der Waals surface area contributed by atoms with Crippen LogP contribution in [-0.4, -0.2) is 35.2 Å². The monoisotopic (exact) mass is 314 g/mol. The van der Waals surface area contributed by atoms with Crippen molar-refractivity contribution in [3.63, 3.8) is 0 Å². The number of carbonyl (C=O) groups is 2. The molecule has 2 atom stereocenters. The van der Waals surface area contributed by atoms with Crippen molar-refractivity contribution in [2.75, 3.05) is 12.0 Å². The van der Waals surface area contributed by atoms with Crippen LogP contribution in [0.15, 0.2) is 24.3 Å². The van der Waals surface area contributed by atoms with Gasteiger partial charge in [-0.25, -0.2) is 14.0 Å². The number of benzene rings is 1. The molecule has 0 saturated heterocycles. The number of carboxylic acids is 1. The van der Waals surface area contributed by atoms with E-state index in [-0.39, 0.29) is 5.82 Å². The second-order valence-electron chi connectivity index (χ2n) is 4.57. The largest absolute Gasteiger partial charge is 0.480 e. The first-order valence-electron chi connectivity index (χ1n) is 6.48. The minimum absolute atomic E-state index is 0.346. The number of halogens is 1. The van der Waals surface area contributed by atoms with Gasteiger partial charge in [0.1, 0.15) is 11.9 Å². The summed E-state index contributed by atoms with van der Waals surface area (Å²) in [6, 6.07) is 3.95. The highest BCUT2D eigenvalue weighted by atomic mass is 32.2. The lowest BCUT2D eigenvalue weighted by Crippen LogP contribution is -2.46. The van der Waals surface area contributed by atoms with Crippen molar-refractivity contribution < 1.29 is 19.1 Å². The van der Waals surface area contributed by atoms with E-state index in [2.05, 4.69) is 10.6 Å². The maximum absolute atomic E-state index is 13.1. The normalized spacial score (nSPS) is 13.3. The molecular weight excluding hydrogens is 295 g/mol. The molecule has 2 amide bonds. The van der Waals surface area contributed by atoms with Gasteiger partial charge < -0.3 is 15.7 Å². The van der Waals surface area contributed by atoms with E-state index in [1.54, 1.807) is 19.1 Å². The summed E-state index contributed by atoms with van der Waals surface area (Å²) in [6.45, 7) is 1.70. The van der Waals surface area contributed by atoms with Gasteiger partial charge in [0.2, 0.25) is 0 Å². The Morgan fingerprint density at radius 2 is 2.10 bits per heavy atom. The summed E-state index contributed by atoms with van der Waals surface area (Å²) in [5, 5.41) is 14.0. The summed E-state index contributed by atoms with van der Waals surface area (Å²) in [4.78, 5) is 22.8. The van der Waals surface area contributed by atoms with Gasteiger partial charge in [-0.2, -0.15) is 11.8 Å². The van der Waals surface area contributed by atoms with E-state index >= 15 is 0 Å². The third-order valence-electron chi connectivity index (χ3n) is 2.91. The second kappa shape index (κ2) is 8.51. The molecule has 1 rings (SSSR count). The highest BCUT2D eigenvalue weighted by Crippen LogP contribution is 2.13. The van der Waals surface area contributed by atoms with E-state index in [1.807, 2.05) is 6.26 Å². The fraction of sp³-hybridized carbons (Fsp3) is 0.429. The van der Waals surface area contributed by atoms with E-state index in [1.165, 1.54) is 23.9 Å². The zero-order chi connectivity index (χ0) is 15.8. The molecule has 0 fully saturated rings. The molecule has 0 bridgehead atoms. The number of hydrogen-bond donors (Lipinski definition) is 3. The Morgan fingerprint density at radius 1 is 1.38 bits per heavy atom. The maximum Gasteiger partial charge on any atom is 0.326 e. The molecule has 116 valence electrons. The molecule has 0 aliphatic heterocycles. The van der Waals surface area contributed by atoms with Gasteiger partial charge in [-0.15, -0.1) is 0 Å². The van der Waals surface area contributed by atoms with Crippen LogP contribution in [0.2, 0.25) is 0 Å². The van der Waals surface area contributed by atoms with E-state index in [4.69, 9.17) is 5.11 Å². The predicted octanol–water partition coefficient (Wildman–Crippen LogP) is 2.39. The average Bonchev–Trinajstić information content (AvgIpc) is 2.43. The van der Waals surface area contributed by atoms with Crippen molar-refractivity contribution in [2.24, 2.45) is 0 Å². The van der Waals surface area contributed by atoms with Crippen LogP contribution in [0.1, 0.15) is 24.9 Å². The Hall–Kier alpha value is -1.76. The fourth-order valence-corrected chi connectivity index (χ4v) is 2.22. The summed E-state index contributed by atoms with van der Waals surface area (Å²) in [5.74, 6) is -0.820. The smallest absolute Gasteiger partial charge is 0.326 e. The number of rotatable bonds is 7. The lowest BCUT2D eigenvalue weighted by molar-refractivity contribution is -0.139. The summed E-state index contributed by atoms with van der Waals surface area (Å²) in [6.07, 6.45) is 2.21. The number of hydrogen-bond acceptors (Lipinski definition) is 3. The van der Waals surface area contributed by atoms with Crippen LogP contribution in [0.3, 0.4) is 0 Å². The Bertz CT molecular complexity index is 499. The van der Waals surface area contributed by atoms with Gasteiger partial charge in [-0.3, -0.25) is 0 Å². The van der Waals surface area contributed by atoms with Crippen LogP contribution in [0.25, 0.3) is 0 Å². The molecule has 1 unspecified atom stereocenters.